The zero-order valence-corrected chi connectivity index (χ0v) is 10.9. The van der Waals surface area contributed by atoms with Crippen LogP contribution in [0.1, 0.15) is 20.3 Å². The molecule has 6 heteroatoms. The van der Waals surface area contributed by atoms with Gasteiger partial charge in [0.15, 0.2) is 6.61 Å². The molecule has 0 aromatic rings. The zero-order valence-electron chi connectivity index (χ0n) is 10.1. The van der Waals surface area contributed by atoms with Gasteiger partial charge in [0.05, 0.1) is 0 Å². The fourth-order valence-corrected chi connectivity index (χ4v) is 1.49. The number of nitrogens with one attached hydrogen (secondary N) is 1. The first-order chi connectivity index (χ1) is 7.35. The molecule has 0 rings (SSSR count). The van der Waals surface area contributed by atoms with Crippen molar-refractivity contribution in [1.29, 1.82) is 5.41 Å². The minimum atomic E-state index is -2.87. The Bertz CT molecular complexity index is 209. The van der Waals surface area contributed by atoms with E-state index in [4.69, 9.17) is 5.41 Å². The predicted octanol–water partition coefficient (Wildman–Crippen LogP) is 2.67. The SMILES string of the molecule is CCN(C)CCCSC(=N)OCC(C)(F)F. The van der Waals surface area contributed by atoms with Gasteiger partial charge in [0.1, 0.15) is 0 Å². The molecule has 0 aliphatic carbocycles. The quantitative estimate of drug-likeness (QED) is 0.431. The molecular weight excluding hydrogens is 234 g/mol. The van der Waals surface area contributed by atoms with Gasteiger partial charge in [-0.15, -0.1) is 0 Å². The van der Waals surface area contributed by atoms with E-state index >= 15 is 0 Å². The molecule has 0 radical (unpaired) electrons. The summed E-state index contributed by atoms with van der Waals surface area (Å²) in [6.07, 6.45) is 0.920. The Hall–Kier alpha value is -0.360. The van der Waals surface area contributed by atoms with Crippen molar-refractivity contribution in [2.75, 3.05) is 32.5 Å². The number of halogens is 2. The lowest BCUT2D eigenvalue weighted by Gasteiger charge is -2.14. The van der Waals surface area contributed by atoms with Gasteiger partial charge in [0.2, 0.25) is 5.23 Å². The number of nitrogens with zero attached hydrogens (tertiary/aromatic N) is 1. The first kappa shape index (κ1) is 15.6. The molecule has 0 bridgehead atoms. The van der Waals surface area contributed by atoms with Crippen molar-refractivity contribution in [3.63, 3.8) is 0 Å². The lowest BCUT2D eigenvalue weighted by atomic mass is 10.4. The summed E-state index contributed by atoms with van der Waals surface area (Å²) >= 11 is 1.17. The van der Waals surface area contributed by atoms with Crippen LogP contribution in [-0.4, -0.2) is 48.5 Å². The molecule has 0 unspecified atom stereocenters. The largest absolute Gasteiger partial charge is 0.467 e. The van der Waals surface area contributed by atoms with Gasteiger partial charge in [-0.25, -0.2) is 8.78 Å². The van der Waals surface area contributed by atoms with Gasteiger partial charge in [-0.2, -0.15) is 0 Å². The third kappa shape index (κ3) is 10.2. The average Bonchev–Trinajstić information content (AvgIpc) is 2.20. The van der Waals surface area contributed by atoms with Crippen LogP contribution in [-0.2, 0) is 4.74 Å². The van der Waals surface area contributed by atoms with E-state index in [1.807, 2.05) is 7.05 Å². The summed E-state index contributed by atoms with van der Waals surface area (Å²) in [4.78, 5) is 2.16. The van der Waals surface area contributed by atoms with Crippen LogP contribution in [0.4, 0.5) is 8.78 Å². The van der Waals surface area contributed by atoms with Gasteiger partial charge in [-0.05, 0) is 26.6 Å². The van der Waals surface area contributed by atoms with Gasteiger partial charge in [0, 0.05) is 12.7 Å². The summed E-state index contributed by atoms with van der Waals surface area (Å²) in [5.74, 6) is -2.15. The fraction of sp³-hybridized carbons (Fsp3) is 0.900. The maximum Gasteiger partial charge on any atom is 0.278 e. The molecule has 3 nitrogen and oxygen atoms in total. The maximum absolute atomic E-state index is 12.4. The summed E-state index contributed by atoms with van der Waals surface area (Å²) in [6.45, 7) is 4.07. The van der Waals surface area contributed by atoms with Crippen LogP contribution >= 0.6 is 11.8 Å². The highest BCUT2D eigenvalue weighted by atomic mass is 32.2. The number of alkyl halides is 2. The van der Waals surface area contributed by atoms with Crippen LogP contribution in [0.3, 0.4) is 0 Å². The smallest absolute Gasteiger partial charge is 0.278 e. The van der Waals surface area contributed by atoms with Crippen molar-refractivity contribution in [2.45, 2.75) is 26.2 Å². The minimum absolute atomic E-state index is 0.124. The average molecular weight is 254 g/mol. The molecule has 0 spiro atoms. The molecule has 0 saturated heterocycles. The van der Waals surface area contributed by atoms with E-state index in [0.717, 1.165) is 32.2 Å². The topological polar surface area (TPSA) is 36.3 Å². The van der Waals surface area contributed by atoms with Gasteiger partial charge >= 0.3 is 0 Å². The molecule has 0 heterocycles. The Morgan fingerprint density at radius 1 is 1.50 bits per heavy atom. The number of rotatable bonds is 7. The Morgan fingerprint density at radius 2 is 2.12 bits per heavy atom. The molecule has 96 valence electrons. The van der Waals surface area contributed by atoms with Crippen molar-refractivity contribution < 1.29 is 13.5 Å². The maximum atomic E-state index is 12.4. The first-order valence-corrected chi connectivity index (χ1v) is 6.24. The molecule has 1 N–H and O–H groups in total. The van der Waals surface area contributed by atoms with Crippen LogP contribution in [0.25, 0.3) is 0 Å². The predicted molar refractivity (Wildman–Crippen MR) is 64.5 cm³/mol. The van der Waals surface area contributed by atoms with Crippen LogP contribution < -0.4 is 0 Å². The van der Waals surface area contributed by atoms with Crippen LogP contribution in [0.5, 0.6) is 0 Å². The standard InChI is InChI=1S/C10H20F2N2OS/c1-4-14(3)6-5-7-16-9(13)15-8-10(2,11)12/h13H,4-8H2,1-3H3. The van der Waals surface area contributed by atoms with Gasteiger partial charge in [-0.3, -0.25) is 5.41 Å². The van der Waals surface area contributed by atoms with E-state index in [9.17, 15) is 8.78 Å². The van der Waals surface area contributed by atoms with E-state index in [-0.39, 0.29) is 5.23 Å². The first-order valence-electron chi connectivity index (χ1n) is 5.25. The third-order valence-electron chi connectivity index (χ3n) is 1.91. The van der Waals surface area contributed by atoms with Gasteiger partial charge < -0.3 is 9.64 Å². The Balaban J connectivity index is 3.45. The summed E-state index contributed by atoms with van der Waals surface area (Å²) in [5, 5.41) is 7.17. The Kier molecular flexibility index (Phi) is 7.66. The molecule has 0 aromatic heterocycles. The monoisotopic (exact) mass is 254 g/mol. The van der Waals surface area contributed by atoms with Crippen LogP contribution in [0.2, 0.25) is 0 Å². The van der Waals surface area contributed by atoms with Crippen LogP contribution in [0.15, 0.2) is 0 Å². The molecule has 0 atom stereocenters. The Morgan fingerprint density at radius 3 is 2.62 bits per heavy atom. The molecule has 0 saturated carbocycles. The second-order valence-corrected chi connectivity index (χ2v) is 4.81. The van der Waals surface area contributed by atoms with Gasteiger partial charge in [-0.1, -0.05) is 18.7 Å². The second-order valence-electron chi connectivity index (χ2n) is 3.74. The molecular formula is C10H20F2N2OS. The second kappa shape index (κ2) is 7.84. The van der Waals surface area contributed by atoms with Crippen molar-refractivity contribution in [2.24, 2.45) is 0 Å². The van der Waals surface area contributed by atoms with Crippen LogP contribution in [0, 0.1) is 5.41 Å². The molecule has 0 aromatic carbocycles. The lowest BCUT2D eigenvalue weighted by molar-refractivity contribution is -0.0260. The van der Waals surface area contributed by atoms with Crippen molar-refractivity contribution >= 4 is 17.0 Å². The summed E-state index contributed by atoms with van der Waals surface area (Å²) in [6, 6.07) is 0. The third-order valence-corrected chi connectivity index (χ3v) is 2.79. The lowest BCUT2D eigenvalue weighted by Crippen LogP contribution is -2.21. The normalized spacial score (nSPS) is 11.9. The molecule has 0 aliphatic rings. The number of hydrogen-bond acceptors (Lipinski definition) is 4. The number of hydrogen-bond donors (Lipinski definition) is 1. The molecule has 0 fully saturated rings. The minimum Gasteiger partial charge on any atom is -0.467 e. The van der Waals surface area contributed by atoms with Crippen molar-refractivity contribution in [1.82, 2.24) is 4.90 Å². The van der Waals surface area contributed by atoms with Crippen molar-refractivity contribution in [3.05, 3.63) is 0 Å². The highest BCUT2D eigenvalue weighted by Crippen LogP contribution is 2.14. The van der Waals surface area contributed by atoms with E-state index in [1.54, 1.807) is 0 Å². The van der Waals surface area contributed by atoms with E-state index in [0.29, 0.717) is 0 Å². The zero-order chi connectivity index (χ0) is 12.6. The van der Waals surface area contributed by atoms with Gasteiger partial charge in [0.25, 0.3) is 5.92 Å². The van der Waals surface area contributed by atoms with E-state index in [2.05, 4.69) is 16.6 Å². The fourth-order valence-electron chi connectivity index (χ4n) is 0.891. The number of thioether (sulfide) groups is 1. The molecule has 16 heavy (non-hydrogen) atoms. The highest BCUT2D eigenvalue weighted by Gasteiger charge is 2.22. The highest BCUT2D eigenvalue weighted by molar-refractivity contribution is 8.13. The molecule has 0 amide bonds. The van der Waals surface area contributed by atoms with E-state index < -0.39 is 12.5 Å². The summed E-state index contributed by atoms with van der Waals surface area (Å²) < 4.78 is 29.4. The number of ether oxygens (including phenoxy) is 1. The van der Waals surface area contributed by atoms with Crippen molar-refractivity contribution in [3.8, 4) is 0 Å². The summed E-state index contributed by atoms with van der Waals surface area (Å²) in [5.41, 5.74) is 0. The summed E-state index contributed by atoms with van der Waals surface area (Å²) in [7, 11) is 2.02. The van der Waals surface area contributed by atoms with E-state index in [1.165, 1.54) is 11.8 Å². The Labute approximate surface area is 100 Å². The molecule has 0 aliphatic heterocycles.